The lowest BCUT2D eigenvalue weighted by molar-refractivity contribution is -0.119. The van der Waals surface area contributed by atoms with E-state index in [2.05, 4.69) is 5.32 Å². The normalized spacial score (nSPS) is 10.7. The summed E-state index contributed by atoms with van der Waals surface area (Å²) in [5, 5.41) is 3.50. The summed E-state index contributed by atoms with van der Waals surface area (Å²) in [7, 11) is 0. The number of nitrogens with zero attached hydrogens (tertiary/aromatic N) is 1. The molecule has 0 atom stereocenters. The summed E-state index contributed by atoms with van der Waals surface area (Å²) in [5.74, 6) is -0.938. The van der Waals surface area contributed by atoms with Gasteiger partial charge < -0.3 is 10.1 Å². The number of para-hydroxylation sites is 2. The van der Waals surface area contributed by atoms with Gasteiger partial charge in [-0.25, -0.2) is 9.78 Å². The largest absolute Gasteiger partial charge is 0.452 e. The molecule has 0 spiro atoms. The molecule has 1 heterocycles. The second kappa shape index (κ2) is 9.43. The Morgan fingerprint density at radius 1 is 0.938 bits per heavy atom. The number of aryl methyl sites for hydroxylation is 2. The minimum atomic E-state index is -0.559. The van der Waals surface area contributed by atoms with Crippen molar-refractivity contribution < 1.29 is 14.3 Å². The summed E-state index contributed by atoms with van der Waals surface area (Å²) >= 11 is 0. The van der Waals surface area contributed by atoms with Gasteiger partial charge >= 0.3 is 5.97 Å². The first-order valence-corrected chi connectivity index (χ1v) is 10.6. The Morgan fingerprint density at radius 3 is 2.44 bits per heavy atom. The molecule has 0 radical (unpaired) electrons. The molecule has 5 nitrogen and oxygen atoms in total. The van der Waals surface area contributed by atoms with E-state index < -0.39 is 5.97 Å². The van der Waals surface area contributed by atoms with Crippen LogP contribution in [0.3, 0.4) is 0 Å². The van der Waals surface area contributed by atoms with E-state index in [0.29, 0.717) is 22.2 Å². The average Bonchev–Trinajstić information content (AvgIpc) is 2.82. The first kappa shape index (κ1) is 21.2. The van der Waals surface area contributed by atoms with Gasteiger partial charge in [0, 0.05) is 16.6 Å². The fraction of sp³-hybridized carbons (Fsp3) is 0.148. The smallest absolute Gasteiger partial charge is 0.339 e. The van der Waals surface area contributed by atoms with Crippen molar-refractivity contribution >= 4 is 28.5 Å². The zero-order valence-corrected chi connectivity index (χ0v) is 18.1. The molecule has 0 saturated carbocycles. The third kappa shape index (κ3) is 4.67. The molecule has 1 amide bonds. The zero-order valence-electron chi connectivity index (χ0n) is 18.1. The van der Waals surface area contributed by atoms with Crippen LogP contribution < -0.4 is 5.32 Å². The van der Waals surface area contributed by atoms with Gasteiger partial charge in [-0.3, -0.25) is 4.79 Å². The third-order valence-corrected chi connectivity index (χ3v) is 5.29. The highest BCUT2D eigenvalue weighted by molar-refractivity contribution is 6.05. The maximum Gasteiger partial charge on any atom is 0.339 e. The molecule has 1 N–H and O–H groups in total. The molecule has 0 aliphatic rings. The number of aromatic nitrogens is 1. The van der Waals surface area contributed by atoms with E-state index in [1.54, 1.807) is 6.07 Å². The van der Waals surface area contributed by atoms with Crippen molar-refractivity contribution in [3.05, 3.63) is 95.6 Å². The molecule has 0 fully saturated rings. The fourth-order valence-corrected chi connectivity index (χ4v) is 3.56. The maximum absolute atomic E-state index is 12.9. The SMILES string of the molecule is CCc1ccccc1NC(=O)COC(=O)c1cc(-c2ccc(C)cc2)nc2ccccc12. The molecule has 1 aromatic heterocycles. The zero-order chi connectivity index (χ0) is 22.5. The molecule has 4 rings (SSSR count). The summed E-state index contributed by atoms with van der Waals surface area (Å²) in [6, 6.07) is 24.7. The number of ether oxygens (including phenoxy) is 1. The number of anilines is 1. The molecule has 0 saturated heterocycles. The Morgan fingerprint density at radius 2 is 1.66 bits per heavy atom. The van der Waals surface area contributed by atoms with Gasteiger partial charge in [0.05, 0.1) is 16.8 Å². The Balaban J connectivity index is 1.56. The number of esters is 1. The van der Waals surface area contributed by atoms with Crippen LogP contribution in [0.25, 0.3) is 22.2 Å². The van der Waals surface area contributed by atoms with Crippen molar-refractivity contribution in [3.63, 3.8) is 0 Å². The number of rotatable bonds is 6. The van der Waals surface area contributed by atoms with E-state index >= 15 is 0 Å². The van der Waals surface area contributed by atoms with Crippen molar-refractivity contribution in [2.75, 3.05) is 11.9 Å². The minimum Gasteiger partial charge on any atom is -0.452 e. The molecule has 0 bridgehead atoms. The van der Waals surface area contributed by atoms with Crippen LogP contribution in [0.1, 0.15) is 28.4 Å². The lowest BCUT2D eigenvalue weighted by Gasteiger charge is -2.12. The predicted molar refractivity (Wildman–Crippen MR) is 127 cm³/mol. The number of carbonyl (C=O) groups excluding carboxylic acids is 2. The fourth-order valence-electron chi connectivity index (χ4n) is 3.56. The van der Waals surface area contributed by atoms with Crippen molar-refractivity contribution in [2.45, 2.75) is 20.3 Å². The Bertz CT molecular complexity index is 1280. The highest BCUT2D eigenvalue weighted by Gasteiger charge is 2.17. The molecular formula is C27H24N2O3. The van der Waals surface area contributed by atoms with Gasteiger partial charge in [0.25, 0.3) is 5.91 Å². The van der Waals surface area contributed by atoms with Crippen LogP contribution in [0.15, 0.2) is 78.9 Å². The van der Waals surface area contributed by atoms with E-state index in [9.17, 15) is 9.59 Å². The van der Waals surface area contributed by atoms with Crippen molar-refractivity contribution in [1.82, 2.24) is 4.98 Å². The molecule has 32 heavy (non-hydrogen) atoms. The number of amides is 1. The van der Waals surface area contributed by atoms with E-state index in [4.69, 9.17) is 9.72 Å². The third-order valence-electron chi connectivity index (χ3n) is 5.29. The molecule has 5 heteroatoms. The number of carbonyl (C=O) groups is 2. The molecule has 0 aliphatic carbocycles. The van der Waals surface area contributed by atoms with Gasteiger partial charge in [-0.1, -0.05) is 73.2 Å². The van der Waals surface area contributed by atoms with Gasteiger partial charge in [-0.2, -0.15) is 0 Å². The summed E-state index contributed by atoms with van der Waals surface area (Å²) in [4.78, 5) is 30.0. The van der Waals surface area contributed by atoms with E-state index in [-0.39, 0.29) is 12.5 Å². The molecule has 4 aromatic rings. The molecule has 3 aromatic carbocycles. The first-order chi connectivity index (χ1) is 15.5. The quantitative estimate of drug-likeness (QED) is 0.411. The van der Waals surface area contributed by atoms with Crippen LogP contribution in [0.5, 0.6) is 0 Å². The van der Waals surface area contributed by atoms with Crippen LogP contribution in [0.2, 0.25) is 0 Å². The number of hydrogen-bond acceptors (Lipinski definition) is 4. The highest BCUT2D eigenvalue weighted by atomic mass is 16.5. The number of benzene rings is 3. The van der Waals surface area contributed by atoms with E-state index in [0.717, 1.165) is 28.8 Å². The predicted octanol–water partition coefficient (Wildman–Crippen LogP) is 5.57. The lowest BCUT2D eigenvalue weighted by atomic mass is 10.0. The van der Waals surface area contributed by atoms with Crippen LogP contribution >= 0.6 is 0 Å². The summed E-state index contributed by atoms with van der Waals surface area (Å²) < 4.78 is 5.37. The van der Waals surface area contributed by atoms with Crippen LogP contribution in [0, 0.1) is 6.92 Å². The van der Waals surface area contributed by atoms with Crippen LogP contribution in [-0.4, -0.2) is 23.5 Å². The minimum absolute atomic E-state index is 0.368. The lowest BCUT2D eigenvalue weighted by Crippen LogP contribution is -2.21. The van der Waals surface area contributed by atoms with Gasteiger partial charge in [0.1, 0.15) is 0 Å². The topological polar surface area (TPSA) is 68.3 Å². The van der Waals surface area contributed by atoms with E-state index in [1.165, 1.54) is 0 Å². The van der Waals surface area contributed by atoms with Crippen LogP contribution in [0.4, 0.5) is 5.69 Å². The highest BCUT2D eigenvalue weighted by Crippen LogP contribution is 2.26. The summed E-state index contributed by atoms with van der Waals surface area (Å²) in [6.07, 6.45) is 0.793. The molecule has 0 unspecified atom stereocenters. The Kier molecular flexibility index (Phi) is 6.26. The molecule has 160 valence electrons. The maximum atomic E-state index is 12.9. The monoisotopic (exact) mass is 424 g/mol. The summed E-state index contributed by atoms with van der Waals surface area (Å²) in [6.45, 7) is 3.67. The summed E-state index contributed by atoms with van der Waals surface area (Å²) in [5.41, 5.74) is 5.56. The Hall–Kier alpha value is -3.99. The first-order valence-electron chi connectivity index (χ1n) is 10.6. The number of fused-ring (bicyclic) bond motifs is 1. The van der Waals surface area contributed by atoms with Crippen molar-refractivity contribution in [3.8, 4) is 11.3 Å². The number of hydrogen-bond donors (Lipinski definition) is 1. The second-order valence-corrected chi connectivity index (χ2v) is 7.57. The van der Waals surface area contributed by atoms with Gasteiger partial charge in [0.15, 0.2) is 6.61 Å². The van der Waals surface area contributed by atoms with Crippen molar-refractivity contribution in [1.29, 1.82) is 0 Å². The second-order valence-electron chi connectivity index (χ2n) is 7.57. The Labute approximate surface area is 187 Å². The van der Waals surface area contributed by atoms with Gasteiger partial charge in [-0.15, -0.1) is 0 Å². The number of nitrogens with one attached hydrogen (secondary N) is 1. The van der Waals surface area contributed by atoms with Crippen molar-refractivity contribution in [2.24, 2.45) is 0 Å². The number of pyridine rings is 1. The van der Waals surface area contributed by atoms with Crippen LogP contribution in [-0.2, 0) is 16.0 Å². The van der Waals surface area contributed by atoms with Gasteiger partial charge in [-0.05, 0) is 37.1 Å². The molecular weight excluding hydrogens is 400 g/mol. The average molecular weight is 425 g/mol. The standard InChI is InChI=1S/C27H24N2O3/c1-3-19-8-4-6-10-23(19)29-26(30)17-32-27(31)22-16-25(20-14-12-18(2)13-15-20)28-24-11-7-5-9-21(22)24/h4-16H,3,17H2,1-2H3,(H,29,30). The van der Waals surface area contributed by atoms with Gasteiger partial charge in [0.2, 0.25) is 0 Å². The molecule has 0 aliphatic heterocycles. The van der Waals surface area contributed by atoms with E-state index in [1.807, 2.05) is 86.6 Å².